The molecule has 1 atom stereocenters. The number of amides is 1. The predicted octanol–water partition coefficient (Wildman–Crippen LogP) is 1.64. The van der Waals surface area contributed by atoms with Crippen LogP contribution in [0.3, 0.4) is 0 Å². The van der Waals surface area contributed by atoms with E-state index in [1.165, 1.54) is 0 Å². The fraction of sp³-hybridized carbons (Fsp3) is 0.875. The van der Waals surface area contributed by atoms with Crippen molar-refractivity contribution in [1.29, 1.82) is 0 Å². The SMILES string of the molecule is CB(C)C(C(N)=O)C(C)(C)C. The number of carbonyl (C=O) groups is 1. The van der Waals surface area contributed by atoms with E-state index in [0.717, 1.165) is 0 Å². The van der Waals surface area contributed by atoms with Gasteiger partial charge in [-0.1, -0.05) is 34.4 Å². The highest BCUT2D eigenvalue weighted by Crippen LogP contribution is 2.33. The molecule has 0 aromatic carbocycles. The minimum atomic E-state index is -0.187. The van der Waals surface area contributed by atoms with Crippen LogP contribution in [0.15, 0.2) is 0 Å². The Hall–Kier alpha value is -0.465. The van der Waals surface area contributed by atoms with Gasteiger partial charge in [0.2, 0.25) is 5.91 Å². The zero-order valence-electron chi connectivity index (χ0n) is 8.14. The van der Waals surface area contributed by atoms with E-state index >= 15 is 0 Å². The third-order valence-electron chi connectivity index (χ3n) is 1.91. The molecule has 0 saturated heterocycles. The number of nitrogens with two attached hydrogens (primary N) is 1. The first-order valence-corrected chi connectivity index (χ1v) is 4.06. The van der Waals surface area contributed by atoms with E-state index in [1.807, 2.05) is 34.4 Å². The van der Waals surface area contributed by atoms with Crippen LogP contribution in [0.5, 0.6) is 0 Å². The van der Waals surface area contributed by atoms with Crippen LogP contribution in [0.4, 0.5) is 0 Å². The fourth-order valence-corrected chi connectivity index (χ4v) is 1.76. The van der Waals surface area contributed by atoms with Gasteiger partial charge >= 0.3 is 0 Å². The summed E-state index contributed by atoms with van der Waals surface area (Å²) in [4.78, 5) is 11.0. The summed E-state index contributed by atoms with van der Waals surface area (Å²) in [6.07, 6.45) is 0. The highest BCUT2D eigenvalue weighted by atomic mass is 16.1. The molecule has 0 aliphatic carbocycles. The van der Waals surface area contributed by atoms with Crippen molar-refractivity contribution in [2.75, 3.05) is 0 Å². The lowest BCUT2D eigenvalue weighted by molar-refractivity contribution is -0.119. The maximum atomic E-state index is 11.0. The van der Waals surface area contributed by atoms with E-state index in [-0.39, 0.29) is 17.1 Å². The molecular weight excluding hydrogens is 137 g/mol. The average molecular weight is 155 g/mol. The molecule has 0 spiro atoms. The van der Waals surface area contributed by atoms with Gasteiger partial charge in [0.1, 0.15) is 6.71 Å². The van der Waals surface area contributed by atoms with E-state index in [1.54, 1.807) is 0 Å². The van der Waals surface area contributed by atoms with Crippen LogP contribution in [0, 0.1) is 5.41 Å². The molecule has 3 heteroatoms. The van der Waals surface area contributed by atoms with E-state index in [4.69, 9.17) is 5.73 Å². The summed E-state index contributed by atoms with van der Waals surface area (Å²) >= 11 is 0. The van der Waals surface area contributed by atoms with E-state index in [9.17, 15) is 4.79 Å². The molecule has 64 valence electrons. The Morgan fingerprint density at radius 1 is 1.36 bits per heavy atom. The molecule has 0 aliphatic heterocycles. The van der Waals surface area contributed by atoms with Crippen LogP contribution in [0.1, 0.15) is 20.8 Å². The Morgan fingerprint density at radius 3 is 1.73 bits per heavy atom. The van der Waals surface area contributed by atoms with Crippen molar-refractivity contribution in [3.05, 3.63) is 0 Å². The van der Waals surface area contributed by atoms with Crippen molar-refractivity contribution in [2.24, 2.45) is 11.1 Å². The number of carbonyl (C=O) groups excluding carboxylic acids is 1. The second-order valence-electron chi connectivity index (χ2n) is 4.49. The molecular formula is C8H18BNO. The number of hydrogen-bond acceptors (Lipinski definition) is 1. The molecule has 2 nitrogen and oxygen atoms in total. The van der Waals surface area contributed by atoms with Gasteiger partial charge < -0.3 is 5.73 Å². The largest absolute Gasteiger partial charge is 0.370 e. The minimum absolute atomic E-state index is 0.0139. The number of hydrogen-bond donors (Lipinski definition) is 1. The molecule has 0 saturated carbocycles. The van der Waals surface area contributed by atoms with Crippen LogP contribution < -0.4 is 5.73 Å². The molecule has 11 heavy (non-hydrogen) atoms. The predicted molar refractivity (Wildman–Crippen MR) is 49.9 cm³/mol. The van der Waals surface area contributed by atoms with Crippen LogP contribution in [0.25, 0.3) is 0 Å². The molecule has 1 unspecified atom stereocenters. The molecule has 0 aromatic heterocycles. The van der Waals surface area contributed by atoms with E-state index in [2.05, 4.69) is 0 Å². The molecule has 0 bridgehead atoms. The maximum Gasteiger partial charge on any atom is 0.213 e. The lowest BCUT2D eigenvalue weighted by Crippen LogP contribution is -2.36. The minimum Gasteiger partial charge on any atom is -0.370 e. The maximum absolute atomic E-state index is 11.0. The normalized spacial score (nSPS) is 14.3. The summed E-state index contributed by atoms with van der Waals surface area (Å²) in [5.41, 5.74) is 5.27. The van der Waals surface area contributed by atoms with Gasteiger partial charge in [-0.3, -0.25) is 4.79 Å². The van der Waals surface area contributed by atoms with Gasteiger partial charge in [0.15, 0.2) is 0 Å². The fourth-order valence-electron chi connectivity index (χ4n) is 1.76. The first-order chi connectivity index (χ1) is 4.76. The standard InChI is InChI=1S/C8H18BNO/c1-8(2,3)6(7(10)11)9(4)5/h6H,1-5H3,(H2,10,11). The molecule has 0 aliphatic rings. The second kappa shape index (κ2) is 3.29. The Kier molecular flexibility index (Phi) is 3.15. The van der Waals surface area contributed by atoms with Gasteiger partial charge in [-0.25, -0.2) is 0 Å². The quantitative estimate of drug-likeness (QED) is 0.605. The molecule has 0 heterocycles. The third kappa shape index (κ3) is 2.96. The summed E-state index contributed by atoms with van der Waals surface area (Å²) in [6.45, 7) is 10.5. The van der Waals surface area contributed by atoms with Crippen molar-refractivity contribution in [1.82, 2.24) is 0 Å². The lowest BCUT2D eigenvalue weighted by Gasteiger charge is -2.29. The van der Waals surface area contributed by atoms with Crippen molar-refractivity contribution < 1.29 is 4.79 Å². The Bertz CT molecular complexity index is 149. The van der Waals surface area contributed by atoms with Gasteiger partial charge in [-0.05, 0) is 5.41 Å². The summed E-state index contributed by atoms with van der Waals surface area (Å²) in [5, 5.41) is 0. The van der Waals surface area contributed by atoms with E-state index < -0.39 is 0 Å². The number of rotatable bonds is 2. The smallest absolute Gasteiger partial charge is 0.213 e. The van der Waals surface area contributed by atoms with Crippen LogP contribution in [-0.2, 0) is 4.79 Å². The summed E-state index contributed by atoms with van der Waals surface area (Å²) in [6, 6.07) is 0. The van der Waals surface area contributed by atoms with Gasteiger partial charge in [-0.15, -0.1) is 0 Å². The molecule has 0 fully saturated rings. The summed E-state index contributed by atoms with van der Waals surface area (Å²) in [5.74, 6) is -0.213. The first kappa shape index (κ1) is 10.5. The van der Waals surface area contributed by atoms with Gasteiger partial charge in [-0.2, -0.15) is 0 Å². The van der Waals surface area contributed by atoms with Gasteiger partial charge in [0.25, 0.3) is 0 Å². The highest BCUT2D eigenvalue weighted by molar-refractivity contribution is 6.62. The highest BCUT2D eigenvalue weighted by Gasteiger charge is 2.33. The Balaban J connectivity index is 4.49. The van der Waals surface area contributed by atoms with Crippen molar-refractivity contribution in [2.45, 2.75) is 40.2 Å². The number of primary amides is 1. The molecule has 0 radical (unpaired) electrons. The Labute approximate surface area is 69.6 Å². The van der Waals surface area contributed by atoms with Crippen LogP contribution in [-0.4, -0.2) is 12.6 Å². The van der Waals surface area contributed by atoms with Crippen molar-refractivity contribution >= 4 is 12.6 Å². The zero-order valence-corrected chi connectivity index (χ0v) is 8.14. The molecule has 0 rings (SSSR count). The molecule has 1 amide bonds. The summed E-state index contributed by atoms with van der Waals surface area (Å²) < 4.78 is 0. The Morgan fingerprint density at radius 2 is 1.73 bits per heavy atom. The van der Waals surface area contributed by atoms with Crippen LogP contribution in [0.2, 0.25) is 19.5 Å². The molecule has 2 N–H and O–H groups in total. The molecule has 0 aromatic rings. The topological polar surface area (TPSA) is 43.1 Å². The zero-order chi connectivity index (χ0) is 9.23. The third-order valence-corrected chi connectivity index (χ3v) is 1.91. The second-order valence-corrected chi connectivity index (χ2v) is 4.49. The van der Waals surface area contributed by atoms with Gasteiger partial charge in [0.05, 0.1) is 0 Å². The monoisotopic (exact) mass is 155 g/mol. The van der Waals surface area contributed by atoms with Gasteiger partial charge in [0, 0.05) is 5.82 Å². The van der Waals surface area contributed by atoms with Crippen LogP contribution >= 0.6 is 0 Å². The van der Waals surface area contributed by atoms with Crippen molar-refractivity contribution in [3.63, 3.8) is 0 Å². The first-order valence-electron chi connectivity index (χ1n) is 4.06. The van der Waals surface area contributed by atoms with Crippen molar-refractivity contribution in [3.8, 4) is 0 Å². The lowest BCUT2D eigenvalue weighted by atomic mass is 9.39. The van der Waals surface area contributed by atoms with E-state index in [0.29, 0.717) is 6.71 Å². The summed E-state index contributed by atoms with van der Waals surface area (Å²) in [7, 11) is 0. The average Bonchev–Trinajstić information content (AvgIpc) is 1.54.